The van der Waals surface area contributed by atoms with E-state index in [1.54, 1.807) is 6.07 Å². The lowest BCUT2D eigenvalue weighted by atomic mass is 10.1. The van der Waals surface area contributed by atoms with Crippen LogP contribution < -0.4 is 4.74 Å². The topological polar surface area (TPSA) is 9.23 Å². The van der Waals surface area contributed by atoms with Crippen molar-refractivity contribution in [2.75, 3.05) is 0 Å². The first-order valence-corrected chi connectivity index (χ1v) is 5.18. The summed E-state index contributed by atoms with van der Waals surface area (Å²) >= 11 is 0. The van der Waals surface area contributed by atoms with E-state index in [-0.39, 0.29) is 0 Å². The van der Waals surface area contributed by atoms with E-state index in [1.807, 2.05) is 48.5 Å². The summed E-state index contributed by atoms with van der Waals surface area (Å²) in [4.78, 5) is 0. The molecule has 0 aliphatic rings. The first kappa shape index (κ1) is 10.9. The molecule has 2 rings (SSSR count). The van der Waals surface area contributed by atoms with Crippen molar-refractivity contribution in [3.63, 3.8) is 0 Å². The Balaban J connectivity index is 2.31. The van der Waals surface area contributed by atoms with Gasteiger partial charge in [-0.15, -0.1) is 0 Å². The summed E-state index contributed by atoms with van der Waals surface area (Å²) < 4.78 is 5.05. The van der Waals surface area contributed by atoms with E-state index < -0.39 is 0 Å². The Labute approximate surface area is 101 Å². The summed E-state index contributed by atoms with van der Waals surface area (Å²) in [5, 5.41) is 0. The van der Waals surface area contributed by atoms with Crippen molar-refractivity contribution in [2.24, 2.45) is 0 Å². The van der Waals surface area contributed by atoms with E-state index >= 15 is 0 Å². The monoisotopic (exact) mass is 218 g/mol. The number of hydrogen-bond donors (Lipinski definition) is 0. The molecule has 17 heavy (non-hydrogen) atoms. The molecule has 2 aromatic carbocycles. The largest absolute Gasteiger partial charge is 0.407 e. The van der Waals surface area contributed by atoms with Crippen molar-refractivity contribution in [3.8, 4) is 30.1 Å². The van der Waals surface area contributed by atoms with Crippen molar-refractivity contribution in [2.45, 2.75) is 0 Å². The second-order valence-electron chi connectivity index (χ2n) is 3.33. The highest BCUT2D eigenvalue weighted by molar-refractivity contribution is 5.49. The molecule has 0 N–H and O–H groups in total. The van der Waals surface area contributed by atoms with Gasteiger partial charge in [0, 0.05) is 5.56 Å². The van der Waals surface area contributed by atoms with E-state index in [2.05, 4.69) is 17.9 Å². The number of terminal acetylenes is 1. The molecule has 0 amide bonds. The average molecular weight is 218 g/mol. The Morgan fingerprint density at radius 3 is 2.29 bits per heavy atom. The predicted molar refractivity (Wildman–Crippen MR) is 68.3 cm³/mol. The minimum atomic E-state index is 0.610. The highest BCUT2D eigenvalue weighted by Crippen LogP contribution is 2.16. The van der Waals surface area contributed by atoms with Crippen LogP contribution in [0.25, 0.3) is 0 Å². The molecule has 0 saturated heterocycles. The fourth-order valence-electron chi connectivity index (χ4n) is 1.38. The lowest BCUT2D eigenvalue weighted by molar-refractivity contribution is 0.519. The molecule has 0 heterocycles. The molecule has 0 aliphatic carbocycles. The lowest BCUT2D eigenvalue weighted by Crippen LogP contribution is -1.86. The summed E-state index contributed by atoms with van der Waals surface area (Å²) in [6, 6.07) is 17.2. The number of para-hydroxylation sites is 1. The van der Waals surface area contributed by atoms with Crippen molar-refractivity contribution in [1.82, 2.24) is 0 Å². The van der Waals surface area contributed by atoms with E-state index in [0.29, 0.717) is 5.75 Å². The zero-order valence-electron chi connectivity index (χ0n) is 9.18. The van der Waals surface area contributed by atoms with Crippen molar-refractivity contribution < 1.29 is 4.74 Å². The first-order valence-electron chi connectivity index (χ1n) is 5.18. The zero-order valence-corrected chi connectivity index (χ0v) is 9.18. The normalized spacial score (nSPS) is 8.65. The third kappa shape index (κ3) is 2.91. The summed E-state index contributed by atoms with van der Waals surface area (Å²) in [5.74, 6) is 6.71. The van der Waals surface area contributed by atoms with Gasteiger partial charge in [-0.2, -0.15) is 0 Å². The maximum Gasteiger partial charge on any atom is 0.155 e. The van der Waals surface area contributed by atoms with Crippen LogP contribution in [0, 0.1) is 24.4 Å². The molecule has 2 aromatic rings. The maximum atomic E-state index is 5.12. The van der Waals surface area contributed by atoms with Crippen molar-refractivity contribution in [1.29, 1.82) is 0 Å². The standard InChI is InChI=1S/C16H10O/c1-2-17-16-11-7-6-10-15(16)13-12-14-8-4-3-5-9-14/h1,3-11H. The number of ether oxygens (including phenoxy) is 1. The molecule has 0 aromatic heterocycles. The smallest absolute Gasteiger partial charge is 0.155 e. The van der Waals surface area contributed by atoms with Crippen LogP contribution in [0.4, 0.5) is 0 Å². The summed E-state index contributed by atoms with van der Waals surface area (Å²) in [6.07, 6.45) is 7.27. The van der Waals surface area contributed by atoms with Crippen molar-refractivity contribution >= 4 is 0 Å². The highest BCUT2D eigenvalue weighted by Gasteiger charge is 1.97. The Morgan fingerprint density at radius 2 is 1.53 bits per heavy atom. The summed E-state index contributed by atoms with van der Waals surface area (Å²) in [7, 11) is 0. The van der Waals surface area contributed by atoms with Crippen LogP contribution in [-0.4, -0.2) is 0 Å². The highest BCUT2D eigenvalue weighted by atomic mass is 16.5. The van der Waals surface area contributed by atoms with Crippen LogP contribution in [0.1, 0.15) is 11.1 Å². The number of benzene rings is 2. The Kier molecular flexibility index (Phi) is 3.48. The van der Waals surface area contributed by atoms with Crippen LogP contribution >= 0.6 is 0 Å². The Hall–Kier alpha value is -2.64. The van der Waals surface area contributed by atoms with E-state index in [1.165, 1.54) is 0 Å². The van der Waals surface area contributed by atoms with Crippen molar-refractivity contribution in [3.05, 3.63) is 65.7 Å². The van der Waals surface area contributed by atoms with Gasteiger partial charge in [0.2, 0.25) is 0 Å². The van der Waals surface area contributed by atoms with Gasteiger partial charge >= 0.3 is 0 Å². The van der Waals surface area contributed by atoms with E-state index in [4.69, 9.17) is 11.2 Å². The van der Waals surface area contributed by atoms with E-state index in [9.17, 15) is 0 Å². The molecule has 1 heteroatoms. The molecule has 0 fully saturated rings. The second kappa shape index (κ2) is 5.45. The third-order valence-electron chi connectivity index (χ3n) is 2.17. The lowest BCUT2D eigenvalue weighted by Gasteiger charge is -1.99. The quantitative estimate of drug-likeness (QED) is 0.668. The molecular formula is C16H10O. The fourth-order valence-corrected chi connectivity index (χ4v) is 1.38. The van der Waals surface area contributed by atoms with Crippen LogP contribution in [0.3, 0.4) is 0 Å². The van der Waals surface area contributed by atoms with Crippen LogP contribution in [0.5, 0.6) is 5.75 Å². The van der Waals surface area contributed by atoms with Gasteiger partial charge in [0.15, 0.2) is 5.75 Å². The minimum Gasteiger partial charge on any atom is -0.407 e. The molecule has 80 valence electrons. The van der Waals surface area contributed by atoms with Gasteiger partial charge in [-0.25, -0.2) is 0 Å². The van der Waals surface area contributed by atoms with Crippen LogP contribution in [0.15, 0.2) is 54.6 Å². The van der Waals surface area contributed by atoms with Gasteiger partial charge in [-0.1, -0.05) is 48.6 Å². The van der Waals surface area contributed by atoms with Crippen LogP contribution in [0.2, 0.25) is 0 Å². The van der Waals surface area contributed by atoms with Gasteiger partial charge in [0.05, 0.1) is 5.56 Å². The predicted octanol–water partition coefficient (Wildman–Crippen LogP) is 3.06. The Morgan fingerprint density at radius 1 is 0.824 bits per heavy atom. The van der Waals surface area contributed by atoms with Gasteiger partial charge in [0.25, 0.3) is 0 Å². The second-order valence-corrected chi connectivity index (χ2v) is 3.33. The summed E-state index contributed by atoms with van der Waals surface area (Å²) in [5.41, 5.74) is 1.75. The SMILES string of the molecule is C#COc1ccccc1C#Cc1ccccc1. The molecule has 0 aliphatic heterocycles. The van der Waals surface area contributed by atoms with Gasteiger partial charge < -0.3 is 4.74 Å². The third-order valence-corrected chi connectivity index (χ3v) is 2.17. The van der Waals surface area contributed by atoms with Crippen LogP contribution in [-0.2, 0) is 0 Å². The average Bonchev–Trinajstić information content (AvgIpc) is 2.39. The molecule has 1 nitrogen and oxygen atoms in total. The fraction of sp³-hybridized carbons (Fsp3) is 0. The molecule has 0 bridgehead atoms. The maximum absolute atomic E-state index is 5.12. The van der Waals surface area contributed by atoms with Gasteiger partial charge in [-0.05, 0) is 24.3 Å². The molecule has 0 atom stereocenters. The number of rotatable bonds is 1. The first-order chi connectivity index (χ1) is 8.40. The molecule has 0 saturated carbocycles. The minimum absolute atomic E-state index is 0.610. The van der Waals surface area contributed by atoms with E-state index in [0.717, 1.165) is 11.1 Å². The molecule has 0 radical (unpaired) electrons. The van der Waals surface area contributed by atoms with Gasteiger partial charge in [-0.3, -0.25) is 0 Å². The molecule has 0 unspecified atom stereocenters. The Bertz CT molecular complexity index is 595. The number of hydrogen-bond acceptors (Lipinski definition) is 1. The zero-order chi connectivity index (χ0) is 11.9. The molecule has 0 spiro atoms. The van der Waals surface area contributed by atoms with Gasteiger partial charge in [0.1, 0.15) is 6.11 Å². The summed E-state index contributed by atoms with van der Waals surface area (Å²) in [6.45, 7) is 0. The molecular weight excluding hydrogens is 208 g/mol.